The second kappa shape index (κ2) is 8.88. The average Bonchev–Trinajstić information content (AvgIpc) is 3.21. The summed E-state index contributed by atoms with van der Waals surface area (Å²) in [5.41, 5.74) is 5.15. The standard InChI is InChI=1S/C30H32F3NO4/c31-30(32,33)20-4-2-19(3-5-20)27-24-25(29(38-27)10-14-37-15-11-29)23-21(16-28(8-1-9-28)17-22(23)35)34-26(24)18-6-12-36-13-7-18/h2-6,22,27,35H,1,7-17H2/t22?,27-/m1/s1. The number of hydrogen-bond donors (Lipinski definition) is 1. The lowest BCUT2D eigenvalue weighted by Gasteiger charge is -2.48. The molecule has 0 amide bonds. The molecule has 2 fully saturated rings. The molecule has 2 aliphatic carbocycles. The van der Waals surface area contributed by atoms with Crippen LogP contribution in [0.4, 0.5) is 13.2 Å². The van der Waals surface area contributed by atoms with Gasteiger partial charge in [0.05, 0.1) is 36.2 Å². The molecule has 202 valence electrons. The molecule has 1 aromatic heterocycles. The number of pyridine rings is 1. The first-order valence-corrected chi connectivity index (χ1v) is 13.7. The van der Waals surface area contributed by atoms with E-state index in [0.717, 1.165) is 71.5 Å². The van der Waals surface area contributed by atoms with E-state index in [2.05, 4.69) is 6.08 Å². The molecule has 5 aliphatic rings. The van der Waals surface area contributed by atoms with Gasteiger partial charge in [0.15, 0.2) is 0 Å². The van der Waals surface area contributed by atoms with Gasteiger partial charge in [0.25, 0.3) is 0 Å². The van der Waals surface area contributed by atoms with Crippen LogP contribution in [-0.2, 0) is 32.4 Å². The lowest BCUT2D eigenvalue weighted by Crippen LogP contribution is -2.40. The molecular weight excluding hydrogens is 495 g/mol. The summed E-state index contributed by atoms with van der Waals surface area (Å²) in [6, 6.07) is 5.30. The van der Waals surface area contributed by atoms with E-state index in [1.54, 1.807) is 0 Å². The van der Waals surface area contributed by atoms with Gasteiger partial charge in [0.1, 0.15) is 6.10 Å². The zero-order chi connectivity index (χ0) is 26.1. The van der Waals surface area contributed by atoms with Crippen LogP contribution in [0.5, 0.6) is 0 Å². The zero-order valence-corrected chi connectivity index (χ0v) is 21.3. The van der Waals surface area contributed by atoms with Gasteiger partial charge in [-0.05, 0) is 66.4 Å². The van der Waals surface area contributed by atoms with E-state index >= 15 is 0 Å². The van der Waals surface area contributed by atoms with E-state index < -0.39 is 29.5 Å². The maximum Gasteiger partial charge on any atom is 0.416 e. The molecule has 1 aromatic carbocycles. The van der Waals surface area contributed by atoms with Crippen LogP contribution in [0.15, 0.2) is 30.3 Å². The lowest BCUT2D eigenvalue weighted by atomic mass is 9.58. The monoisotopic (exact) mass is 527 g/mol. The number of aliphatic hydroxyl groups is 1. The van der Waals surface area contributed by atoms with Crippen molar-refractivity contribution in [1.29, 1.82) is 0 Å². The van der Waals surface area contributed by atoms with Gasteiger partial charge in [-0.2, -0.15) is 13.2 Å². The molecule has 2 atom stereocenters. The molecule has 2 spiro atoms. The highest BCUT2D eigenvalue weighted by molar-refractivity contribution is 5.71. The third-order valence-electron chi connectivity index (χ3n) is 9.44. The van der Waals surface area contributed by atoms with Gasteiger partial charge in [-0.1, -0.05) is 24.6 Å². The normalized spacial score (nSPS) is 27.5. The Kier molecular flexibility index (Phi) is 5.78. The van der Waals surface area contributed by atoms with Crippen molar-refractivity contribution in [3.63, 3.8) is 0 Å². The number of rotatable bonds is 2. The number of hydrogen-bond acceptors (Lipinski definition) is 5. The summed E-state index contributed by atoms with van der Waals surface area (Å²) in [5, 5.41) is 11.6. The lowest BCUT2D eigenvalue weighted by molar-refractivity contribution is -0.137. The van der Waals surface area contributed by atoms with E-state index in [4.69, 9.17) is 19.2 Å². The van der Waals surface area contributed by atoms with Crippen molar-refractivity contribution < 1.29 is 32.5 Å². The van der Waals surface area contributed by atoms with Gasteiger partial charge < -0.3 is 19.3 Å². The van der Waals surface area contributed by atoms with Gasteiger partial charge in [-0.25, -0.2) is 0 Å². The fourth-order valence-electron chi connectivity index (χ4n) is 7.38. The number of ether oxygens (including phenoxy) is 3. The van der Waals surface area contributed by atoms with E-state index in [0.29, 0.717) is 51.3 Å². The molecule has 0 radical (unpaired) electrons. The minimum Gasteiger partial charge on any atom is -0.388 e. The Morgan fingerprint density at radius 1 is 0.947 bits per heavy atom. The van der Waals surface area contributed by atoms with Crippen LogP contribution in [0.3, 0.4) is 0 Å². The van der Waals surface area contributed by atoms with E-state index in [9.17, 15) is 18.3 Å². The number of fused-ring (bicyclic) bond motifs is 4. The first kappa shape index (κ1) is 24.8. The summed E-state index contributed by atoms with van der Waals surface area (Å²) in [7, 11) is 0. The number of benzene rings is 1. The van der Waals surface area contributed by atoms with Crippen molar-refractivity contribution in [3.05, 3.63) is 69.5 Å². The molecule has 1 saturated heterocycles. The molecule has 5 nitrogen and oxygen atoms in total. The quantitative estimate of drug-likeness (QED) is 0.506. The molecule has 3 aliphatic heterocycles. The minimum absolute atomic E-state index is 0.115. The molecular formula is C30H32F3NO4. The molecule has 1 N–H and O–H groups in total. The third-order valence-corrected chi connectivity index (χ3v) is 9.44. The van der Waals surface area contributed by atoms with E-state index in [-0.39, 0.29) is 5.41 Å². The first-order chi connectivity index (χ1) is 18.3. The molecule has 1 saturated carbocycles. The largest absolute Gasteiger partial charge is 0.416 e. The molecule has 7 rings (SSSR count). The van der Waals surface area contributed by atoms with Gasteiger partial charge in [-0.3, -0.25) is 4.98 Å². The van der Waals surface area contributed by atoms with Gasteiger partial charge in [-0.15, -0.1) is 0 Å². The molecule has 8 heteroatoms. The number of alkyl halides is 3. The molecule has 38 heavy (non-hydrogen) atoms. The number of aromatic nitrogens is 1. The van der Waals surface area contributed by atoms with Crippen LogP contribution in [0, 0.1) is 5.41 Å². The predicted molar refractivity (Wildman–Crippen MR) is 133 cm³/mol. The predicted octanol–water partition coefficient (Wildman–Crippen LogP) is 6.18. The summed E-state index contributed by atoms with van der Waals surface area (Å²) in [6.45, 7) is 2.15. The van der Waals surface area contributed by atoms with Gasteiger partial charge in [0, 0.05) is 42.9 Å². The smallest absolute Gasteiger partial charge is 0.388 e. The van der Waals surface area contributed by atoms with Crippen LogP contribution >= 0.6 is 0 Å². The third kappa shape index (κ3) is 3.86. The Balaban J connectivity index is 1.45. The topological polar surface area (TPSA) is 60.8 Å². The fourth-order valence-corrected chi connectivity index (χ4v) is 7.38. The highest BCUT2D eigenvalue weighted by Gasteiger charge is 2.54. The summed E-state index contributed by atoms with van der Waals surface area (Å²) in [5.74, 6) is 0. The Hall–Kier alpha value is -2.26. The fraction of sp³-hybridized carbons (Fsp3) is 0.567. The first-order valence-electron chi connectivity index (χ1n) is 13.7. The van der Waals surface area contributed by atoms with Gasteiger partial charge >= 0.3 is 6.18 Å². The number of nitrogens with zero attached hydrogens (tertiary/aromatic N) is 1. The number of aliphatic hydroxyl groups excluding tert-OH is 1. The second-order valence-corrected chi connectivity index (χ2v) is 11.6. The molecule has 2 aromatic rings. The Morgan fingerprint density at radius 3 is 2.34 bits per heavy atom. The van der Waals surface area contributed by atoms with Crippen LogP contribution in [-0.4, -0.2) is 36.5 Å². The maximum atomic E-state index is 13.4. The van der Waals surface area contributed by atoms with Crippen LogP contribution < -0.4 is 0 Å². The maximum absolute atomic E-state index is 13.4. The van der Waals surface area contributed by atoms with Crippen LogP contribution in [0.2, 0.25) is 0 Å². The van der Waals surface area contributed by atoms with Crippen molar-refractivity contribution in [1.82, 2.24) is 4.98 Å². The van der Waals surface area contributed by atoms with Gasteiger partial charge in [0.2, 0.25) is 0 Å². The summed E-state index contributed by atoms with van der Waals surface area (Å²) in [6.07, 6.45) is 3.40. The van der Waals surface area contributed by atoms with Crippen molar-refractivity contribution in [2.75, 3.05) is 26.4 Å². The summed E-state index contributed by atoms with van der Waals surface area (Å²) < 4.78 is 58.3. The highest BCUT2D eigenvalue weighted by Crippen LogP contribution is 2.60. The highest BCUT2D eigenvalue weighted by atomic mass is 19.4. The average molecular weight is 528 g/mol. The van der Waals surface area contributed by atoms with Crippen molar-refractivity contribution in [3.8, 4) is 0 Å². The van der Waals surface area contributed by atoms with Crippen LogP contribution in [0.25, 0.3) is 5.57 Å². The van der Waals surface area contributed by atoms with E-state index in [1.807, 2.05) is 0 Å². The Bertz CT molecular complexity index is 1280. The second-order valence-electron chi connectivity index (χ2n) is 11.6. The van der Waals surface area contributed by atoms with Crippen LogP contribution in [0.1, 0.15) is 96.4 Å². The summed E-state index contributed by atoms with van der Waals surface area (Å²) >= 11 is 0. The van der Waals surface area contributed by atoms with E-state index in [1.165, 1.54) is 18.6 Å². The SMILES string of the molecule is OC1CC2(CCC2)Cc2nc(C3=CCOCC3)c3c(c21)C1(CCOCC1)O[C@@H]3c1ccc(C(F)(F)F)cc1. The number of halogens is 3. The van der Waals surface area contributed by atoms with Crippen molar-refractivity contribution >= 4 is 5.57 Å². The van der Waals surface area contributed by atoms with Crippen molar-refractivity contribution in [2.45, 2.75) is 75.4 Å². The van der Waals surface area contributed by atoms with Crippen molar-refractivity contribution in [2.24, 2.45) is 5.41 Å². The Morgan fingerprint density at radius 2 is 1.71 bits per heavy atom. The molecule has 1 unspecified atom stereocenters. The molecule has 0 bridgehead atoms. The zero-order valence-electron chi connectivity index (χ0n) is 21.3. The molecule has 4 heterocycles. The Labute approximate surface area is 220 Å². The minimum atomic E-state index is -4.41. The summed E-state index contributed by atoms with van der Waals surface area (Å²) in [4.78, 5) is 5.27.